The predicted octanol–water partition coefficient (Wildman–Crippen LogP) is 1.08. The van der Waals surface area contributed by atoms with Gasteiger partial charge in [-0.05, 0) is 25.2 Å². The zero-order valence-electron chi connectivity index (χ0n) is 13.3. The second-order valence-electron chi connectivity index (χ2n) is 6.01. The van der Waals surface area contributed by atoms with E-state index in [1.54, 1.807) is 13.2 Å². The number of methoxy groups -OCH3 is 1. The molecule has 1 saturated heterocycles. The molecule has 0 radical (unpaired) electrons. The van der Waals surface area contributed by atoms with Gasteiger partial charge in [0.1, 0.15) is 11.6 Å². The molecule has 2 atom stereocenters. The Kier molecular flexibility index (Phi) is 4.58. The molecule has 1 aliphatic rings. The van der Waals surface area contributed by atoms with Gasteiger partial charge in [0.25, 0.3) is 0 Å². The van der Waals surface area contributed by atoms with Crippen molar-refractivity contribution < 1.29 is 13.9 Å². The number of carbonyl (C=O) groups is 1. The molecule has 6 nitrogen and oxygen atoms in total. The number of aromatic nitrogens is 2. The smallest absolute Gasteiger partial charge is 0.220 e. The quantitative estimate of drug-likeness (QED) is 0.865. The predicted molar refractivity (Wildman–Crippen MR) is 84.6 cm³/mol. The number of rotatable bonds is 5. The SMILES string of the molecule is CO[C@H]1CN(C)C[C@@H]1NC(=O)CCc1nc2ccc(F)cc2[nH]1. The van der Waals surface area contributed by atoms with Crippen LogP contribution in [-0.4, -0.2) is 60.2 Å². The molecule has 1 aliphatic heterocycles. The van der Waals surface area contributed by atoms with Crippen LogP contribution in [0.25, 0.3) is 11.0 Å². The first-order valence-corrected chi connectivity index (χ1v) is 7.70. The van der Waals surface area contributed by atoms with Crippen LogP contribution >= 0.6 is 0 Å². The van der Waals surface area contributed by atoms with Gasteiger partial charge in [0.15, 0.2) is 0 Å². The Morgan fingerprint density at radius 3 is 3.13 bits per heavy atom. The highest BCUT2D eigenvalue weighted by Gasteiger charge is 2.31. The molecule has 0 unspecified atom stereocenters. The van der Waals surface area contributed by atoms with Crippen LogP contribution in [0.5, 0.6) is 0 Å². The monoisotopic (exact) mass is 320 g/mol. The van der Waals surface area contributed by atoms with Gasteiger partial charge >= 0.3 is 0 Å². The molecule has 0 saturated carbocycles. The maximum atomic E-state index is 13.2. The van der Waals surface area contributed by atoms with Crippen molar-refractivity contribution in [2.24, 2.45) is 0 Å². The Balaban J connectivity index is 1.55. The number of benzene rings is 1. The van der Waals surface area contributed by atoms with Crippen LogP contribution in [0, 0.1) is 5.82 Å². The summed E-state index contributed by atoms with van der Waals surface area (Å²) in [6, 6.07) is 4.43. The first-order valence-electron chi connectivity index (χ1n) is 7.70. The normalized spacial score (nSPS) is 21.9. The lowest BCUT2D eigenvalue weighted by molar-refractivity contribution is -0.122. The Morgan fingerprint density at radius 1 is 1.52 bits per heavy atom. The van der Waals surface area contributed by atoms with Gasteiger partial charge in [0.05, 0.1) is 23.2 Å². The molecule has 1 aromatic carbocycles. The van der Waals surface area contributed by atoms with Gasteiger partial charge in [0.2, 0.25) is 5.91 Å². The van der Waals surface area contributed by atoms with Crippen molar-refractivity contribution in [2.45, 2.75) is 25.0 Å². The fourth-order valence-corrected chi connectivity index (χ4v) is 3.00. The summed E-state index contributed by atoms with van der Waals surface area (Å²) in [5.41, 5.74) is 1.36. The van der Waals surface area contributed by atoms with Crippen molar-refractivity contribution in [3.63, 3.8) is 0 Å². The average Bonchev–Trinajstić information content (AvgIpc) is 3.07. The summed E-state index contributed by atoms with van der Waals surface area (Å²) in [7, 11) is 3.67. The molecule has 0 aliphatic carbocycles. The minimum absolute atomic E-state index is 0.0160. The Morgan fingerprint density at radius 2 is 2.35 bits per heavy atom. The number of imidazole rings is 1. The van der Waals surface area contributed by atoms with Crippen LogP contribution in [0.4, 0.5) is 4.39 Å². The van der Waals surface area contributed by atoms with E-state index in [2.05, 4.69) is 20.2 Å². The van der Waals surface area contributed by atoms with Crippen molar-refractivity contribution in [1.82, 2.24) is 20.2 Å². The van der Waals surface area contributed by atoms with E-state index in [1.807, 2.05) is 7.05 Å². The van der Waals surface area contributed by atoms with E-state index in [9.17, 15) is 9.18 Å². The summed E-state index contributed by atoms with van der Waals surface area (Å²) >= 11 is 0. The van der Waals surface area contributed by atoms with Crippen LogP contribution in [-0.2, 0) is 16.0 Å². The number of nitrogens with zero attached hydrogens (tertiary/aromatic N) is 2. The van der Waals surface area contributed by atoms with E-state index in [-0.39, 0.29) is 23.9 Å². The number of carbonyl (C=O) groups excluding carboxylic acids is 1. The van der Waals surface area contributed by atoms with Crippen molar-refractivity contribution in [3.8, 4) is 0 Å². The maximum absolute atomic E-state index is 13.2. The minimum Gasteiger partial charge on any atom is -0.378 e. The average molecular weight is 320 g/mol. The summed E-state index contributed by atoms with van der Waals surface area (Å²) in [5.74, 6) is 0.355. The number of nitrogens with one attached hydrogen (secondary N) is 2. The van der Waals surface area contributed by atoms with E-state index in [1.165, 1.54) is 12.1 Å². The number of hydrogen-bond donors (Lipinski definition) is 2. The van der Waals surface area contributed by atoms with Gasteiger partial charge in [-0.25, -0.2) is 9.37 Å². The Labute approximate surface area is 134 Å². The minimum atomic E-state index is -0.304. The fourth-order valence-electron chi connectivity index (χ4n) is 3.00. The summed E-state index contributed by atoms with van der Waals surface area (Å²) in [6.07, 6.45) is 0.847. The number of likely N-dealkylation sites (N-methyl/N-ethyl adjacent to an activating group) is 1. The lowest BCUT2D eigenvalue weighted by Gasteiger charge is -2.18. The summed E-state index contributed by atoms with van der Waals surface area (Å²) in [4.78, 5) is 21.7. The molecule has 1 aromatic heterocycles. The molecule has 0 spiro atoms. The van der Waals surface area contributed by atoms with Gasteiger partial charge in [-0.2, -0.15) is 0 Å². The number of H-pyrrole nitrogens is 1. The molecule has 23 heavy (non-hydrogen) atoms. The highest BCUT2D eigenvalue weighted by molar-refractivity contribution is 5.77. The summed E-state index contributed by atoms with van der Waals surface area (Å²) < 4.78 is 18.6. The van der Waals surface area contributed by atoms with E-state index in [0.717, 1.165) is 13.1 Å². The van der Waals surface area contributed by atoms with Crippen molar-refractivity contribution in [3.05, 3.63) is 29.8 Å². The van der Waals surface area contributed by atoms with E-state index < -0.39 is 0 Å². The molecule has 0 bridgehead atoms. The van der Waals surface area contributed by atoms with Gasteiger partial charge in [-0.1, -0.05) is 0 Å². The third-order valence-corrected chi connectivity index (χ3v) is 4.18. The van der Waals surface area contributed by atoms with E-state index >= 15 is 0 Å². The van der Waals surface area contributed by atoms with Crippen LogP contribution in [0.3, 0.4) is 0 Å². The van der Waals surface area contributed by atoms with E-state index in [0.29, 0.717) is 29.7 Å². The number of amides is 1. The van der Waals surface area contributed by atoms with Crippen molar-refractivity contribution >= 4 is 16.9 Å². The molecule has 7 heteroatoms. The topological polar surface area (TPSA) is 70.2 Å². The molecule has 2 N–H and O–H groups in total. The Hall–Kier alpha value is -1.99. The van der Waals surface area contributed by atoms with Crippen LogP contribution < -0.4 is 5.32 Å². The number of ether oxygens (including phenoxy) is 1. The molecule has 2 aromatic rings. The van der Waals surface area contributed by atoms with Crippen LogP contribution in [0.2, 0.25) is 0 Å². The van der Waals surface area contributed by atoms with Crippen LogP contribution in [0.1, 0.15) is 12.2 Å². The summed E-state index contributed by atoms with van der Waals surface area (Å²) in [5, 5.41) is 3.02. The molecule has 1 amide bonds. The van der Waals surface area contributed by atoms with Gasteiger partial charge in [-0.15, -0.1) is 0 Å². The zero-order chi connectivity index (χ0) is 16.4. The first-order chi connectivity index (χ1) is 11.0. The molecule has 1 fully saturated rings. The first kappa shape index (κ1) is 15.9. The number of aryl methyl sites for hydroxylation is 1. The second kappa shape index (κ2) is 6.64. The zero-order valence-corrected chi connectivity index (χ0v) is 13.3. The second-order valence-corrected chi connectivity index (χ2v) is 6.01. The molecular weight excluding hydrogens is 299 g/mol. The van der Waals surface area contributed by atoms with Crippen molar-refractivity contribution in [2.75, 3.05) is 27.2 Å². The maximum Gasteiger partial charge on any atom is 0.220 e. The van der Waals surface area contributed by atoms with Crippen LogP contribution in [0.15, 0.2) is 18.2 Å². The molecule has 124 valence electrons. The highest BCUT2D eigenvalue weighted by Crippen LogP contribution is 2.14. The number of hydrogen-bond acceptors (Lipinski definition) is 4. The fraction of sp³-hybridized carbons (Fsp3) is 0.500. The lowest BCUT2D eigenvalue weighted by Crippen LogP contribution is -2.43. The van der Waals surface area contributed by atoms with E-state index in [4.69, 9.17) is 4.74 Å². The third-order valence-electron chi connectivity index (χ3n) is 4.18. The number of likely N-dealkylation sites (tertiary alicyclic amines) is 1. The molecular formula is C16H21FN4O2. The largest absolute Gasteiger partial charge is 0.378 e. The Bertz CT molecular complexity index is 702. The van der Waals surface area contributed by atoms with Gasteiger partial charge in [-0.3, -0.25) is 4.79 Å². The highest BCUT2D eigenvalue weighted by atomic mass is 19.1. The lowest BCUT2D eigenvalue weighted by atomic mass is 10.2. The number of fused-ring (bicyclic) bond motifs is 1. The summed E-state index contributed by atoms with van der Waals surface area (Å²) in [6.45, 7) is 1.60. The molecule has 3 rings (SSSR count). The van der Waals surface area contributed by atoms with Gasteiger partial charge in [0, 0.05) is 33.0 Å². The standard InChI is InChI=1S/C16H21FN4O2/c1-21-8-13(14(9-21)23-2)20-16(22)6-5-15-18-11-4-3-10(17)7-12(11)19-15/h3-4,7,13-14H,5-6,8-9H2,1-2H3,(H,18,19)(H,20,22)/t13-,14-/m0/s1. The third kappa shape index (κ3) is 3.68. The molecule has 2 heterocycles. The number of halogens is 1. The van der Waals surface area contributed by atoms with Gasteiger partial charge < -0.3 is 19.9 Å². The van der Waals surface area contributed by atoms with Crippen molar-refractivity contribution in [1.29, 1.82) is 0 Å². The number of aromatic amines is 1.